The minimum atomic E-state index is -1.10. The molecule has 2 aromatic heterocycles. The van der Waals surface area contributed by atoms with Crippen LogP contribution in [0.15, 0.2) is 29.5 Å². The molecule has 0 spiro atoms. The summed E-state index contributed by atoms with van der Waals surface area (Å²) >= 11 is 0. The van der Waals surface area contributed by atoms with Crippen LogP contribution in [-0.2, 0) is 11.5 Å². The second kappa shape index (κ2) is 6.45. The summed E-state index contributed by atoms with van der Waals surface area (Å²) < 4.78 is 7.34. The average Bonchev–Trinajstić information content (AvgIpc) is 2.43. The van der Waals surface area contributed by atoms with Gasteiger partial charge in [0.15, 0.2) is 0 Å². The molecule has 0 N–H and O–H groups in total. The van der Waals surface area contributed by atoms with Crippen LogP contribution in [0.25, 0.3) is 10.8 Å². The van der Waals surface area contributed by atoms with Crippen molar-refractivity contribution in [1.82, 2.24) is 9.55 Å². The van der Waals surface area contributed by atoms with E-state index < -0.39 is 8.07 Å². The predicted octanol–water partition coefficient (Wildman–Crippen LogP) is 2.92. The Kier molecular flexibility index (Phi) is 4.54. The fraction of sp³-hybridized carbons (Fsp3) is 0.529. The highest BCUT2D eigenvalue weighted by molar-refractivity contribution is 6.76. The number of hydrogen-bond donors (Lipinski definition) is 0. The van der Waals surface area contributed by atoms with Crippen molar-refractivity contribution in [1.29, 1.82) is 0 Å². The van der Waals surface area contributed by atoms with E-state index in [-0.39, 0.29) is 5.56 Å². The molecule has 0 atom stereocenters. The van der Waals surface area contributed by atoms with E-state index in [0.717, 1.165) is 30.2 Å². The second-order valence-corrected chi connectivity index (χ2v) is 13.0. The molecule has 0 saturated carbocycles. The number of rotatable bonds is 6. The van der Waals surface area contributed by atoms with Gasteiger partial charge in [-0.15, -0.1) is 0 Å². The number of fused-ring (bicyclic) bond motifs is 1. The van der Waals surface area contributed by atoms with E-state index in [1.54, 1.807) is 10.8 Å². The van der Waals surface area contributed by atoms with Crippen LogP contribution in [0.5, 0.6) is 0 Å². The highest BCUT2D eigenvalue weighted by Gasteiger charge is 2.18. The molecule has 3 heterocycles. The molecule has 0 radical (unpaired) electrons. The maximum Gasteiger partial charge on any atom is 0.261 e. The zero-order valence-electron chi connectivity index (χ0n) is 14.2. The third-order valence-electron chi connectivity index (χ3n) is 4.30. The van der Waals surface area contributed by atoms with Gasteiger partial charge >= 0.3 is 0 Å². The Hall–Kier alpha value is -1.66. The maximum atomic E-state index is 12.6. The maximum absolute atomic E-state index is 12.6. The Balaban J connectivity index is 1.78. The Morgan fingerprint density at radius 3 is 2.65 bits per heavy atom. The molecule has 0 aromatic carbocycles. The number of hydrogen-bond acceptors (Lipinski definition) is 4. The lowest BCUT2D eigenvalue weighted by Gasteiger charge is -2.33. The summed E-state index contributed by atoms with van der Waals surface area (Å²) in [5.74, 6) is 0. The number of aromatic nitrogens is 2. The third kappa shape index (κ3) is 3.64. The number of nitrogens with zero attached hydrogens (tertiary/aromatic N) is 3. The minimum Gasteiger partial charge on any atom is -0.370 e. The van der Waals surface area contributed by atoms with Gasteiger partial charge < -0.3 is 9.64 Å². The molecule has 3 rings (SSSR count). The van der Waals surface area contributed by atoms with Gasteiger partial charge in [0.25, 0.3) is 5.56 Å². The molecule has 0 aliphatic carbocycles. The van der Waals surface area contributed by atoms with Gasteiger partial charge in [-0.1, -0.05) is 19.6 Å². The molecule has 0 bridgehead atoms. The molecule has 1 fully saturated rings. The van der Waals surface area contributed by atoms with Crippen molar-refractivity contribution < 1.29 is 4.74 Å². The summed E-state index contributed by atoms with van der Waals surface area (Å²) in [6, 6.07) is 3.12. The van der Waals surface area contributed by atoms with Gasteiger partial charge in [-0.05, 0) is 18.5 Å². The molecule has 0 unspecified atom stereocenters. The minimum absolute atomic E-state index is 0.0228. The van der Waals surface area contributed by atoms with Gasteiger partial charge in [0.2, 0.25) is 0 Å². The molecule has 1 aliphatic rings. The summed E-state index contributed by atoms with van der Waals surface area (Å²) in [4.78, 5) is 19.2. The van der Waals surface area contributed by atoms with Crippen molar-refractivity contribution in [2.24, 2.45) is 0 Å². The van der Waals surface area contributed by atoms with Crippen LogP contribution in [0.3, 0.4) is 0 Å². The highest BCUT2D eigenvalue weighted by Crippen LogP contribution is 2.27. The van der Waals surface area contributed by atoms with Crippen molar-refractivity contribution in [3.8, 4) is 0 Å². The molecule has 5 nitrogen and oxygen atoms in total. The first-order valence-electron chi connectivity index (χ1n) is 8.25. The van der Waals surface area contributed by atoms with Crippen LogP contribution in [0.1, 0.15) is 6.42 Å². The standard InChI is InChI=1S/C17H25N3O2Si/c1-23(2,3)10-9-22-13-20-8-5-14-15(17(20)21)11-18-12-16(14)19-6-4-7-19/h5,8,11-12H,4,6-7,9-10,13H2,1-3H3. The van der Waals surface area contributed by atoms with Gasteiger partial charge in [-0.2, -0.15) is 0 Å². The lowest BCUT2D eigenvalue weighted by molar-refractivity contribution is 0.0851. The van der Waals surface area contributed by atoms with Crippen molar-refractivity contribution in [2.45, 2.75) is 38.8 Å². The van der Waals surface area contributed by atoms with E-state index in [9.17, 15) is 4.79 Å². The first-order chi connectivity index (χ1) is 11.0. The van der Waals surface area contributed by atoms with E-state index in [1.807, 2.05) is 18.5 Å². The molecule has 1 aliphatic heterocycles. The van der Waals surface area contributed by atoms with E-state index in [0.29, 0.717) is 18.7 Å². The lowest BCUT2D eigenvalue weighted by Crippen LogP contribution is -2.37. The van der Waals surface area contributed by atoms with Gasteiger partial charge in [0.05, 0.1) is 17.3 Å². The SMILES string of the molecule is C[Si](C)(C)CCOCn1ccc2c(N3CCC3)cncc2c1=O. The van der Waals surface area contributed by atoms with Crippen LogP contribution in [0.4, 0.5) is 5.69 Å². The zero-order chi connectivity index (χ0) is 16.4. The van der Waals surface area contributed by atoms with Crippen LogP contribution < -0.4 is 10.5 Å². The molecule has 1 saturated heterocycles. The first-order valence-corrected chi connectivity index (χ1v) is 12.0. The van der Waals surface area contributed by atoms with E-state index in [4.69, 9.17) is 4.74 Å². The van der Waals surface area contributed by atoms with Crippen LogP contribution >= 0.6 is 0 Å². The molecule has 2 aromatic rings. The molecule has 23 heavy (non-hydrogen) atoms. The van der Waals surface area contributed by atoms with Crippen molar-refractivity contribution in [3.05, 3.63) is 35.0 Å². The van der Waals surface area contributed by atoms with E-state index >= 15 is 0 Å². The predicted molar refractivity (Wildman–Crippen MR) is 96.9 cm³/mol. The third-order valence-corrected chi connectivity index (χ3v) is 6.01. The smallest absolute Gasteiger partial charge is 0.261 e. The monoisotopic (exact) mass is 331 g/mol. The van der Waals surface area contributed by atoms with Gasteiger partial charge in [0.1, 0.15) is 6.73 Å². The van der Waals surface area contributed by atoms with Gasteiger partial charge in [0, 0.05) is 45.6 Å². The molecule has 0 amide bonds. The summed E-state index contributed by atoms with van der Waals surface area (Å²) in [6.45, 7) is 10.1. The molecular formula is C17H25N3O2Si. The number of pyridine rings is 2. The topological polar surface area (TPSA) is 47.4 Å². The quantitative estimate of drug-likeness (QED) is 0.603. The summed E-state index contributed by atoms with van der Waals surface area (Å²) in [7, 11) is -1.10. The zero-order valence-corrected chi connectivity index (χ0v) is 15.2. The van der Waals surface area contributed by atoms with Crippen molar-refractivity contribution in [2.75, 3.05) is 24.6 Å². The lowest BCUT2D eigenvalue weighted by atomic mass is 10.1. The van der Waals surface area contributed by atoms with Crippen LogP contribution in [0, 0.1) is 0 Å². The summed E-state index contributed by atoms with van der Waals surface area (Å²) in [5.41, 5.74) is 1.04. The molecule has 124 valence electrons. The Morgan fingerprint density at radius 2 is 2.00 bits per heavy atom. The molecule has 6 heteroatoms. The fourth-order valence-corrected chi connectivity index (χ4v) is 3.40. The van der Waals surface area contributed by atoms with E-state index in [1.165, 1.54) is 6.42 Å². The Morgan fingerprint density at radius 1 is 1.22 bits per heavy atom. The summed E-state index contributed by atoms with van der Waals surface area (Å²) in [5, 5.41) is 1.66. The largest absolute Gasteiger partial charge is 0.370 e. The van der Waals surface area contributed by atoms with Gasteiger partial charge in [-0.3, -0.25) is 14.3 Å². The number of anilines is 1. The highest BCUT2D eigenvalue weighted by atomic mass is 28.3. The Labute approximate surface area is 137 Å². The summed E-state index contributed by atoms with van der Waals surface area (Å²) in [6.07, 6.45) is 6.57. The second-order valence-electron chi connectivity index (χ2n) is 7.40. The molecular weight excluding hydrogens is 306 g/mol. The first kappa shape index (κ1) is 16.2. The normalized spacial score (nSPS) is 15.0. The van der Waals surface area contributed by atoms with Crippen molar-refractivity contribution in [3.63, 3.8) is 0 Å². The fourth-order valence-electron chi connectivity index (χ4n) is 2.64. The van der Waals surface area contributed by atoms with Crippen LogP contribution in [0.2, 0.25) is 25.7 Å². The van der Waals surface area contributed by atoms with Crippen molar-refractivity contribution >= 4 is 24.5 Å². The van der Waals surface area contributed by atoms with Crippen LogP contribution in [-0.4, -0.2) is 37.3 Å². The average molecular weight is 331 g/mol. The Bertz CT molecular complexity index is 748. The van der Waals surface area contributed by atoms with E-state index in [2.05, 4.69) is 29.5 Å². The number of ether oxygens (including phenoxy) is 1. The van der Waals surface area contributed by atoms with Gasteiger partial charge in [-0.25, -0.2) is 0 Å².